The van der Waals surface area contributed by atoms with Crippen molar-refractivity contribution < 1.29 is 13.6 Å². The maximum absolute atomic E-state index is 14.2. The van der Waals surface area contributed by atoms with E-state index in [1.165, 1.54) is 12.5 Å². The van der Waals surface area contributed by atoms with Crippen LogP contribution in [0, 0.1) is 24.6 Å². The number of nitrogens with one attached hydrogen (secondary N) is 1. The van der Waals surface area contributed by atoms with Gasteiger partial charge in [0.2, 0.25) is 5.78 Å². The van der Waals surface area contributed by atoms with Crippen LogP contribution < -0.4 is 0 Å². The SMILES string of the molecule is C#N.Cc1cccc(-c2cnc(CCCCCCC(=O)c3ncco3)[nH]2)c1F. The number of carbonyl (C=O) groups excluding carboxylic acids is 1. The van der Waals surface area contributed by atoms with Crippen molar-refractivity contribution in [2.45, 2.75) is 45.4 Å². The Morgan fingerprint density at radius 2 is 2.00 bits per heavy atom. The second kappa shape index (κ2) is 10.8. The van der Waals surface area contributed by atoms with Crippen LogP contribution in [0.15, 0.2) is 41.3 Å². The van der Waals surface area contributed by atoms with E-state index < -0.39 is 0 Å². The second-order valence-electron chi connectivity index (χ2n) is 6.35. The minimum Gasteiger partial charge on any atom is -0.442 e. The molecular weight excluding hydrogens is 359 g/mol. The molecule has 0 atom stereocenters. The Hall–Kier alpha value is -3.27. The van der Waals surface area contributed by atoms with Gasteiger partial charge in [-0.1, -0.05) is 25.0 Å². The number of ketones is 1. The van der Waals surface area contributed by atoms with Crippen LogP contribution in [-0.2, 0) is 6.42 Å². The number of aryl methyl sites for hydroxylation is 2. The summed E-state index contributed by atoms with van der Waals surface area (Å²) in [5, 5.41) is 6.50. The molecule has 0 aliphatic rings. The topological polar surface area (TPSA) is 95.6 Å². The molecule has 0 aliphatic carbocycles. The van der Waals surface area contributed by atoms with E-state index in [2.05, 4.69) is 21.5 Å². The van der Waals surface area contributed by atoms with Gasteiger partial charge in [0.1, 0.15) is 17.9 Å². The molecule has 0 spiro atoms. The Morgan fingerprint density at radius 3 is 2.75 bits per heavy atom. The Bertz CT molecular complexity index is 900. The number of hydrogen-bond donors (Lipinski definition) is 1. The predicted octanol–water partition coefficient (Wildman–Crippen LogP) is 5.03. The van der Waals surface area contributed by atoms with E-state index in [1.807, 2.05) is 6.07 Å². The van der Waals surface area contributed by atoms with Gasteiger partial charge in [-0.25, -0.2) is 19.6 Å². The van der Waals surface area contributed by atoms with Crippen LogP contribution in [0.5, 0.6) is 0 Å². The third-order valence-electron chi connectivity index (χ3n) is 4.35. The lowest BCUT2D eigenvalue weighted by Crippen LogP contribution is -1.99. The molecular formula is C21H23FN4O2. The van der Waals surface area contributed by atoms with Crippen molar-refractivity contribution in [2.24, 2.45) is 0 Å². The lowest BCUT2D eigenvalue weighted by atomic mass is 10.1. The second-order valence-corrected chi connectivity index (χ2v) is 6.35. The van der Waals surface area contributed by atoms with Crippen molar-refractivity contribution in [1.82, 2.24) is 15.0 Å². The molecule has 0 unspecified atom stereocenters. The molecule has 3 rings (SSSR count). The zero-order valence-corrected chi connectivity index (χ0v) is 15.8. The fourth-order valence-electron chi connectivity index (χ4n) is 2.88. The average Bonchev–Trinajstić information content (AvgIpc) is 3.40. The average molecular weight is 382 g/mol. The van der Waals surface area contributed by atoms with Gasteiger partial charge in [-0.3, -0.25) is 4.79 Å². The molecule has 146 valence electrons. The smallest absolute Gasteiger partial charge is 0.263 e. The molecule has 0 aliphatic heterocycles. The number of aromatic nitrogens is 3. The first-order valence-corrected chi connectivity index (χ1v) is 9.13. The molecule has 0 saturated carbocycles. The zero-order valence-electron chi connectivity index (χ0n) is 15.8. The Morgan fingerprint density at radius 1 is 1.21 bits per heavy atom. The van der Waals surface area contributed by atoms with Gasteiger partial charge in [0, 0.05) is 25.0 Å². The molecule has 7 heteroatoms. The molecule has 0 radical (unpaired) electrons. The maximum atomic E-state index is 14.2. The van der Waals surface area contributed by atoms with Gasteiger partial charge in [-0.05, 0) is 31.4 Å². The number of carbonyl (C=O) groups is 1. The highest BCUT2D eigenvalue weighted by Gasteiger charge is 2.11. The number of benzene rings is 1. The number of nitriles is 1. The fraction of sp³-hybridized carbons (Fsp3) is 0.333. The van der Waals surface area contributed by atoms with Crippen LogP contribution in [0.25, 0.3) is 11.3 Å². The van der Waals surface area contributed by atoms with Crippen molar-refractivity contribution in [1.29, 1.82) is 5.26 Å². The number of Topliss-reactive ketones (excluding diaryl/α,β-unsaturated/α-hetero) is 1. The Kier molecular flexibility index (Phi) is 8.10. The van der Waals surface area contributed by atoms with Crippen LogP contribution in [0.3, 0.4) is 0 Å². The van der Waals surface area contributed by atoms with Crippen molar-refractivity contribution >= 4 is 5.78 Å². The van der Waals surface area contributed by atoms with Crippen LogP contribution >= 0.6 is 0 Å². The lowest BCUT2D eigenvalue weighted by molar-refractivity contribution is 0.0945. The first-order chi connectivity index (χ1) is 13.6. The highest BCUT2D eigenvalue weighted by molar-refractivity contribution is 5.91. The molecule has 6 nitrogen and oxygen atoms in total. The van der Waals surface area contributed by atoms with E-state index in [4.69, 9.17) is 9.68 Å². The third-order valence-corrected chi connectivity index (χ3v) is 4.35. The lowest BCUT2D eigenvalue weighted by Gasteiger charge is -2.03. The molecule has 0 bridgehead atoms. The number of nitrogens with zero attached hydrogens (tertiary/aromatic N) is 3. The van der Waals surface area contributed by atoms with Gasteiger partial charge in [0.25, 0.3) is 5.89 Å². The maximum Gasteiger partial charge on any atom is 0.263 e. The quantitative estimate of drug-likeness (QED) is 0.414. The number of halogens is 1. The summed E-state index contributed by atoms with van der Waals surface area (Å²) in [5.41, 5.74) is 1.88. The molecule has 28 heavy (non-hydrogen) atoms. The first-order valence-electron chi connectivity index (χ1n) is 9.13. The summed E-state index contributed by atoms with van der Waals surface area (Å²) in [4.78, 5) is 23.1. The Balaban J connectivity index is 0.00000136. The number of unbranched alkanes of at least 4 members (excludes halogenated alkanes) is 3. The van der Waals surface area contributed by atoms with E-state index in [9.17, 15) is 9.18 Å². The van der Waals surface area contributed by atoms with E-state index in [0.29, 0.717) is 23.2 Å². The number of aromatic amines is 1. The summed E-state index contributed by atoms with van der Waals surface area (Å²) < 4.78 is 19.2. The van der Waals surface area contributed by atoms with Crippen LogP contribution in [-0.4, -0.2) is 20.7 Å². The van der Waals surface area contributed by atoms with Crippen molar-refractivity contribution in [2.75, 3.05) is 0 Å². The molecule has 1 N–H and O–H groups in total. The highest BCUT2D eigenvalue weighted by Crippen LogP contribution is 2.23. The molecule has 0 fully saturated rings. The number of rotatable bonds is 9. The van der Waals surface area contributed by atoms with Gasteiger partial charge in [-0.2, -0.15) is 0 Å². The summed E-state index contributed by atoms with van der Waals surface area (Å²) in [7, 11) is 0. The van der Waals surface area contributed by atoms with Gasteiger partial charge in [-0.15, -0.1) is 0 Å². The minimum absolute atomic E-state index is 0.0501. The van der Waals surface area contributed by atoms with Gasteiger partial charge >= 0.3 is 0 Å². The summed E-state index contributed by atoms with van der Waals surface area (Å²) in [5.74, 6) is 0.789. The van der Waals surface area contributed by atoms with E-state index in [0.717, 1.165) is 37.9 Å². The first kappa shape index (κ1) is 21.0. The Labute approximate surface area is 163 Å². The normalized spacial score (nSPS) is 10.3. The largest absolute Gasteiger partial charge is 0.442 e. The van der Waals surface area contributed by atoms with E-state index in [1.54, 1.807) is 25.3 Å². The molecule has 0 amide bonds. The molecule has 1 aromatic carbocycles. The van der Waals surface area contributed by atoms with Crippen molar-refractivity contribution in [3.8, 4) is 17.8 Å². The summed E-state index contributed by atoms with van der Waals surface area (Å²) in [6, 6.07) is 5.35. The van der Waals surface area contributed by atoms with Gasteiger partial charge in [0.15, 0.2) is 0 Å². The standard InChI is InChI=1S/C20H22FN3O2.CHN/c1-14-7-6-8-15(19(14)21)16-13-23-18(24-16)10-5-3-2-4-9-17(25)20-22-11-12-26-20;1-2/h6-8,11-13H,2-5,9-10H2,1H3,(H,23,24);1H. The third kappa shape index (κ3) is 5.61. The number of H-pyrrole nitrogens is 1. The predicted molar refractivity (Wildman–Crippen MR) is 103 cm³/mol. The summed E-state index contributed by atoms with van der Waals surface area (Å²) in [6.07, 6.45) is 9.60. The van der Waals surface area contributed by atoms with Crippen LogP contribution in [0.4, 0.5) is 4.39 Å². The van der Waals surface area contributed by atoms with Crippen molar-refractivity contribution in [3.63, 3.8) is 0 Å². The molecule has 2 aromatic heterocycles. The monoisotopic (exact) mass is 382 g/mol. The zero-order chi connectivity index (χ0) is 20.4. The number of oxazole rings is 1. The highest BCUT2D eigenvalue weighted by atomic mass is 19.1. The van der Waals surface area contributed by atoms with E-state index >= 15 is 0 Å². The minimum atomic E-state index is -0.210. The summed E-state index contributed by atoms with van der Waals surface area (Å²) in [6.45, 7) is 5.25. The molecule has 0 saturated heterocycles. The van der Waals surface area contributed by atoms with Crippen molar-refractivity contribution in [3.05, 3.63) is 60.0 Å². The van der Waals surface area contributed by atoms with Crippen LogP contribution in [0.1, 0.15) is 54.2 Å². The van der Waals surface area contributed by atoms with Gasteiger partial charge in [0.05, 0.1) is 18.1 Å². The van der Waals surface area contributed by atoms with E-state index in [-0.39, 0.29) is 17.5 Å². The molecule has 2 heterocycles. The summed E-state index contributed by atoms with van der Waals surface area (Å²) >= 11 is 0. The van der Waals surface area contributed by atoms with Gasteiger partial charge < -0.3 is 9.40 Å². The fourth-order valence-corrected chi connectivity index (χ4v) is 2.88. The molecule has 3 aromatic rings. The van der Waals surface area contributed by atoms with Crippen LogP contribution in [0.2, 0.25) is 0 Å². The number of hydrogen-bond acceptors (Lipinski definition) is 5. The number of imidazole rings is 1.